The molecule has 1 aromatic carbocycles. The molecule has 3 fully saturated rings. The number of hydrogen-bond donors (Lipinski definition) is 1. The first-order valence-corrected chi connectivity index (χ1v) is 8.08. The van der Waals surface area contributed by atoms with Gasteiger partial charge in [-0.05, 0) is 56.1 Å². The van der Waals surface area contributed by atoms with Crippen molar-refractivity contribution in [3.05, 3.63) is 48.0 Å². The Balaban J connectivity index is 1.48. The van der Waals surface area contributed by atoms with Crippen LogP contribution in [-0.2, 0) is 0 Å². The maximum absolute atomic E-state index is 13.8. The van der Waals surface area contributed by atoms with E-state index in [0.717, 1.165) is 32.5 Å². The first-order valence-electron chi connectivity index (χ1n) is 8.08. The number of nitrogens with one attached hydrogen (secondary N) is 1. The van der Waals surface area contributed by atoms with Crippen molar-refractivity contribution in [2.45, 2.75) is 18.9 Å². The summed E-state index contributed by atoms with van der Waals surface area (Å²) in [5, 5.41) is 3.08. The summed E-state index contributed by atoms with van der Waals surface area (Å²) < 4.78 is 19.4. The van der Waals surface area contributed by atoms with Crippen LogP contribution in [0.15, 0.2) is 40.8 Å². The molecule has 0 spiro atoms. The number of fused-ring (bicyclic) bond motifs is 3. The highest BCUT2D eigenvalue weighted by molar-refractivity contribution is 5.92. The molecule has 0 radical (unpaired) electrons. The molecule has 23 heavy (non-hydrogen) atoms. The van der Waals surface area contributed by atoms with Crippen LogP contribution in [0.2, 0.25) is 0 Å². The van der Waals surface area contributed by atoms with Gasteiger partial charge in [-0.3, -0.25) is 4.79 Å². The summed E-state index contributed by atoms with van der Waals surface area (Å²) in [6.07, 6.45) is 2.28. The van der Waals surface area contributed by atoms with Gasteiger partial charge >= 0.3 is 0 Å². The van der Waals surface area contributed by atoms with Crippen LogP contribution >= 0.6 is 0 Å². The molecule has 1 amide bonds. The van der Waals surface area contributed by atoms with E-state index in [0.29, 0.717) is 17.2 Å². The lowest BCUT2D eigenvalue weighted by Gasteiger charge is -2.44. The molecule has 3 aliphatic heterocycles. The van der Waals surface area contributed by atoms with Gasteiger partial charge in [0, 0.05) is 12.6 Å². The van der Waals surface area contributed by atoms with E-state index >= 15 is 0 Å². The second-order valence-electron chi connectivity index (χ2n) is 6.36. The van der Waals surface area contributed by atoms with Crippen molar-refractivity contribution in [2.24, 2.45) is 5.92 Å². The molecule has 120 valence electrons. The average Bonchev–Trinajstić information content (AvgIpc) is 3.06. The van der Waals surface area contributed by atoms with Gasteiger partial charge in [0.05, 0.1) is 5.56 Å². The van der Waals surface area contributed by atoms with E-state index in [1.54, 1.807) is 30.3 Å². The number of rotatable bonds is 3. The topological polar surface area (TPSA) is 45.5 Å². The van der Waals surface area contributed by atoms with E-state index in [1.807, 2.05) is 0 Å². The van der Waals surface area contributed by atoms with E-state index in [2.05, 4.69) is 10.2 Å². The molecule has 3 aliphatic rings. The number of benzene rings is 1. The fourth-order valence-corrected chi connectivity index (χ4v) is 3.63. The first kappa shape index (κ1) is 14.5. The second kappa shape index (κ2) is 5.81. The quantitative estimate of drug-likeness (QED) is 0.947. The van der Waals surface area contributed by atoms with Crippen molar-refractivity contribution in [1.82, 2.24) is 10.2 Å². The lowest BCUT2D eigenvalue weighted by molar-refractivity contribution is 0.0606. The first-order chi connectivity index (χ1) is 11.2. The fraction of sp³-hybridized carbons (Fsp3) is 0.389. The number of piperidine rings is 3. The molecule has 1 N–H and O–H groups in total. The predicted octanol–water partition coefficient (Wildman–Crippen LogP) is 2.91. The lowest BCUT2D eigenvalue weighted by Crippen LogP contribution is -2.57. The SMILES string of the molecule is O=C(N[C@H]1CN2CCC1CC2)c1ccc(-c2ccccc2F)o1. The van der Waals surface area contributed by atoms with Crippen LogP contribution in [0.3, 0.4) is 0 Å². The molecular formula is C18H19FN2O2. The number of nitrogens with zero attached hydrogens (tertiary/aromatic N) is 1. The molecule has 2 aromatic rings. The zero-order valence-corrected chi connectivity index (χ0v) is 12.8. The molecule has 3 saturated heterocycles. The summed E-state index contributed by atoms with van der Waals surface area (Å²) in [7, 11) is 0. The monoisotopic (exact) mass is 314 g/mol. The Morgan fingerprint density at radius 1 is 1.17 bits per heavy atom. The van der Waals surface area contributed by atoms with Crippen LogP contribution in [0.1, 0.15) is 23.4 Å². The van der Waals surface area contributed by atoms with Gasteiger partial charge in [0.2, 0.25) is 0 Å². The minimum atomic E-state index is -0.355. The normalized spacial score (nSPS) is 26.2. The maximum atomic E-state index is 13.8. The molecular weight excluding hydrogens is 295 g/mol. The minimum Gasteiger partial charge on any atom is -0.451 e. The number of carbonyl (C=O) groups excluding carboxylic acids is 1. The minimum absolute atomic E-state index is 0.187. The second-order valence-corrected chi connectivity index (χ2v) is 6.36. The van der Waals surface area contributed by atoms with E-state index in [-0.39, 0.29) is 23.5 Å². The smallest absolute Gasteiger partial charge is 0.287 e. The van der Waals surface area contributed by atoms with Gasteiger partial charge in [-0.1, -0.05) is 12.1 Å². The summed E-state index contributed by atoms with van der Waals surface area (Å²) >= 11 is 0. The standard InChI is InChI=1S/C18H19FN2O2/c19-14-4-2-1-3-13(14)16-5-6-17(23-16)18(22)20-15-11-21-9-7-12(15)8-10-21/h1-6,12,15H,7-11H2,(H,20,22)/t15-/m0/s1. The Bertz CT molecular complexity index is 719. The third kappa shape index (κ3) is 2.77. The van der Waals surface area contributed by atoms with Crippen LogP contribution in [0, 0.1) is 11.7 Å². The number of amides is 1. The number of halogens is 1. The van der Waals surface area contributed by atoms with Gasteiger partial charge in [0.25, 0.3) is 5.91 Å². The molecule has 0 aliphatic carbocycles. The molecule has 0 saturated carbocycles. The van der Waals surface area contributed by atoms with Crippen LogP contribution in [0.4, 0.5) is 4.39 Å². The molecule has 5 rings (SSSR count). The van der Waals surface area contributed by atoms with Crippen LogP contribution in [0.5, 0.6) is 0 Å². The van der Waals surface area contributed by atoms with Gasteiger partial charge in [-0.25, -0.2) is 4.39 Å². The Kier molecular flexibility index (Phi) is 3.65. The van der Waals surface area contributed by atoms with E-state index in [4.69, 9.17) is 4.42 Å². The number of hydrogen-bond acceptors (Lipinski definition) is 3. The van der Waals surface area contributed by atoms with Gasteiger partial charge in [0.1, 0.15) is 11.6 Å². The van der Waals surface area contributed by atoms with Crippen molar-refractivity contribution in [3.8, 4) is 11.3 Å². The Hall–Kier alpha value is -2.14. The lowest BCUT2D eigenvalue weighted by atomic mass is 9.84. The van der Waals surface area contributed by atoms with Crippen LogP contribution in [0.25, 0.3) is 11.3 Å². The van der Waals surface area contributed by atoms with E-state index < -0.39 is 0 Å². The number of furan rings is 1. The molecule has 2 bridgehead atoms. The summed E-state index contributed by atoms with van der Waals surface area (Å²) in [4.78, 5) is 14.8. The van der Waals surface area contributed by atoms with Gasteiger partial charge in [-0.15, -0.1) is 0 Å². The van der Waals surface area contributed by atoms with Crippen molar-refractivity contribution in [2.75, 3.05) is 19.6 Å². The van der Waals surface area contributed by atoms with Crippen molar-refractivity contribution in [1.29, 1.82) is 0 Å². The molecule has 0 unspecified atom stereocenters. The highest BCUT2D eigenvalue weighted by Crippen LogP contribution is 2.28. The Morgan fingerprint density at radius 2 is 1.96 bits per heavy atom. The van der Waals surface area contributed by atoms with Crippen LogP contribution < -0.4 is 5.32 Å². The highest BCUT2D eigenvalue weighted by Gasteiger charge is 2.35. The third-order valence-electron chi connectivity index (χ3n) is 4.94. The Labute approximate surface area is 134 Å². The summed E-state index contributed by atoms with van der Waals surface area (Å²) in [6.45, 7) is 3.18. The molecule has 1 atom stereocenters. The molecule has 4 nitrogen and oxygen atoms in total. The van der Waals surface area contributed by atoms with Crippen molar-refractivity contribution < 1.29 is 13.6 Å². The van der Waals surface area contributed by atoms with E-state index in [9.17, 15) is 9.18 Å². The van der Waals surface area contributed by atoms with Gasteiger partial charge in [-0.2, -0.15) is 0 Å². The number of carbonyl (C=O) groups is 1. The maximum Gasteiger partial charge on any atom is 0.287 e. The molecule has 4 heterocycles. The summed E-state index contributed by atoms with van der Waals surface area (Å²) in [5.41, 5.74) is 0.370. The highest BCUT2D eigenvalue weighted by atomic mass is 19.1. The van der Waals surface area contributed by atoms with E-state index in [1.165, 1.54) is 6.07 Å². The summed E-state index contributed by atoms with van der Waals surface area (Å²) in [6, 6.07) is 9.83. The van der Waals surface area contributed by atoms with Crippen molar-refractivity contribution >= 4 is 5.91 Å². The largest absolute Gasteiger partial charge is 0.451 e. The molecule has 5 heteroatoms. The fourth-order valence-electron chi connectivity index (χ4n) is 3.63. The zero-order valence-electron chi connectivity index (χ0n) is 12.8. The molecule has 1 aromatic heterocycles. The predicted molar refractivity (Wildman–Crippen MR) is 84.5 cm³/mol. The van der Waals surface area contributed by atoms with Crippen LogP contribution in [-0.4, -0.2) is 36.5 Å². The Morgan fingerprint density at radius 3 is 2.65 bits per heavy atom. The third-order valence-corrected chi connectivity index (χ3v) is 4.94. The average molecular weight is 314 g/mol. The van der Waals surface area contributed by atoms with Crippen molar-refractivity contribution in [3.63, 3.8) is 0 Å². The van der Waals surface area contributed by atoms with Gasteiger partial charge < -0.3 is 14.6 Å². The zero-order chi connectivity index (χ0) is 15.8. The summed E-state index contributed by atoms with van der Waals surface area (Å²) in [5.74, 6) is 0.601. The van der Waals surface area contributed by atoms with Gasteiger partial charge in [0.15, 0.2) is 5.76 Å².